The minimum atomic E-state index is -0.508. The summed E-state index contributed by atoms with van der Waals surface area (Å²) in [7, 11) is 0. The molecule has 15 heavy (non-hydrogen) atoms. The number of hydrogen-bond acceptors (Lipinski definition) is 2. The van der Waals surface area contributed by atoms with E-state index in [-0.39, 0.29) is 0 Å². The molecule has 0 unspecified atom stereocenters. The first kappa shape index (κ1) is 10.3. The van der Waals surface area contributed by atoms with E-state index in [2.05, 4.69) is 10.2 Å². The quantitative estimate of drug-likeness (QED) is 0.714. The number of hydrogen-bond donors (Lipinski definition) is 0. The van der Waals surface area contributed by atoms with Crippen LogP contribution in [0.3, 0.4) is 0 Å². The molecule has 4 amide bonds. The maximum atomic E-state index is 11.1. The standard InChI is InChI=1S/C10H15N3O2/c14-9-11-12-10(15)13(9)7-3-6-8-4-1-2-5-8/h8H,1-7H2. The van der Waals surface area contributed by atoms with Crippen molar-refractivity contribution in [3.05, 3.63) is 0 Å². The molecule has 0 atom stereocenters. The van der Waals surface area contributed by atoms with Crippen LogP contribution in [-0.2, 0) is 0 Å². The predicted octanol–water partition coefficient (Wildman–Crippen LogP) is 2.96. The number of rotatable bonds is 4. The third-order valence-electron chi connectivity index (χ3n) is 3.15. The topological polar surface area (TPSA) is 62.1 Å². The van der Waals surface area contributed by atoms with Gasteiger partial charge in [-0.2, -0.15) is 0 Å². The van der Waals surface area contributed by atoms with Crippen molar-refractivity contribution in [3.8, 4) is 0 Å². The molecule has 0 saturated heterocycles. The molecule has 1 heterocycles. The second-order valence-electron chi connectivity index (χ2n) is 4.21. The van der Waals surface area contributed by atoms with Gasteiger partial charge in [0.15, 0.2) is 0 Å². The molecular weight excluding hydrogens is 194 g/mol. The molecule has 0 N–H and O–H groups in total. The molecule has 1 aliphatic carbocycles. The summed E-state index contributed by atoms with van der Waals surface area (Å²) in [4.78, 5) is 23.2. The van der Waals surface area contributed by atoms with Crippen LogP contribution in [0.25, 0.3) is 0 Å². The molecule has 0 aromatic carbocycles. The Balaban J connectivity index is 1.69. The van der Waals surface area contributed by atoms with Crippen LogP contribution in [0.2, 0.25) is 0 Å². The number of amides is 4. The Hall–Kier alpha value is -1.26. The number of imide groups is 1. The fourth-order valence-corrected chi connectivity index (χ4v) is 2.30. The van der Waals surface area contributed by atoms with E-state index < -0.39 is 12.1 Å². The first-order valence-electron chi connectivity index (χ1n) is 5.54. The molecule has 0 aromatic rings. The lowest BCUT2D eigenvalue weighted by Gasteiger charge is -2.12. The van der Waals surface area contributed by atoms with E-state index in [1.54, 1.807) is 0 Å². The lowest BCUT2D eigenvalue weighted by molar-refractivity contribution is 0.204. The predicted molar refractivity (Wildman–Crippen MR) is 53.5 cm³/mol. The molecule has 5 heteroatoms. The minimum Gasteiger partial charge on any atom is -0.244 e. The smallest absolute Gasteiger partial charge is 0.244 e. The van der Waals surface area contributed by atoms with E-state index in [4.69, 9.17) is 0 Å². The van der Waals surface area contributed by atoms with Gasteiger partial charge in [-0.05, 0) is 18.8 Å². The minimum absolute atomic E-state index is 0.473. The number of carbonyl (C=O) groups excluding carboxylic acids is 2. The van der Waals surface area contributed by atoms with Crippen molar-refractivity contribution in [1.29, 1.82) is 0 Å². The van der Waals surface area contributed by atoms with Crippen LogP contribution in [0.15, 0.2) is 10.2 Å². The summed E-state index contributed by atoms with van der Waals surface area (Å²) in [5, 5.41) is 6.42. The molecule has 82 valence electrons. The zero-order chi connectivity index (χ0) is 10.7. The summed E-state index contributed by atoms with van der Waals surface area (Å²) in [6.07, 6.45) is 7.26. The van der Waals surface area contributed by atoms with Crippen molar-refractivity contribution in [2.75, 3.05) is 6.54 Å². The van der Waals surface area contributed by atoms with Gasteiger partial charge in [0, 0.05) is 6.54 Å². The fraction of sp³-hybridized carbons (Fsp3) is 0.800. The van der Waals surface area contributed by atoms with Crippen molar-refractivity contribution in [2.24, 2.45) is 16.1 Å². The van der Waals surface area contributed by atoms with Crippen LogP contribution < -0.4 is 0 Å². The van der Waals surface area contributed by atoms with Crippen LogP contribution in [0.1, 0.15) is 38.5 Å². The molecule has 0 radical (unpaired) electrons. The summed E-state index contributed by atoms with van der Waals surface area (Å²) in [5.74, 6) is 0.798. The lowest BCUT2D eigenvalue weighted by Crippen LogP contribution is -2.29. The van der Waals surface area contributed by atoms with E-state index in [0.29, 0.717) is 6.54 Å². The zero-order valence-corrected chi connectivity index (χ0v) is 8.69. The van der Waals surface area contributed by atoms with Crippen molar-refractivity contribution in [1.82, 2.24) is 4.90 Å². The van der Waals surface area contributed by atoms with Crippen LogP contribution in [-0.4, -0.2) is 23.5 Å². The van der Waals surface area contributed by atoms with Crippen LogP contribution in [0.4, 0.5) is 9.59 Å². The molecule has 2 aliphatic rings. The summed E-state index contributed by atoms with van der Waals surface area (Å²) in [6.45, 7) is 0.473. The van der Waals surface area contributed by atoms with Crippen molar-refractivity contribution >= 4 is 12.1 Å². The highest BCUT2D eigenvalue weighted by Crippen LogP contribution is 2.28. The Bertz CT molecular complexity index is 277. The second-order valence-corrected chi connectivity index (χ2v) is 4.21. The number of urea groups is 2. The first-order chi connectivity index (χ1) is 7.27. The first-order valence-corrected chi connectivity index (χ1v) is 5.54. The van der Waals surface area contributed by atoms with Gasteiger partial charge in [0.25, 0.3) is 0 Å². The Morgan fingerprint density at radius 2 is 1.73 bits per heavy atom. The van der Waals surface area contributed by atoms with Gasteiger partial charge in [0.05, 0.1) is 0 Å². The molecule has 5 nitrogen and oxygen atoms in total. The second kappa shape index (κ2) is 4.51. The van der Waals surface area contributed by atoms with Gasteiger partial charge in [-0.3, -0.25) is 0 Å². The van der Waals surface area contributed by atoms with Crippen molar-refractivity contribution < 1.29 is 9.59 Å². The Labute approximate surface area is 88.5 Å². The van der Waals surface area contributed by atoms with Gasteiger partial charge >= 0.3 is 12.1 Å². The summed E-state index contributed by atoms with van der Waals surface area (Å²) in [6, 6.07) is -1.02. The van der Waals surface area contributed by atoms with Crippen LogP contribution in [0.5, 0.6) is 0 Å². The Morgan fingerprint density at radius 3 is 2.33 bits per heavy atom. The summed E-state index contributed by atoms with van der Waals surface area (Å²) < 4.78 is 0. The summed E-state index contributed by atoms with van der Waals surface area (Å²) in [5.41, 5.74) is 0. The molecular formula is C10H15N3O2. The van der Waals surface area contributed by atoms with E-state index in [0.717, 1.165) is 23.7 Å². The SMILES string of the molecule is O=C1N=NC(=O)N1CCCC1CCCC1. The highest BCUT2D eigenvalue weighted by molar-refractivity contribution is 5.98. The largest absolute Gasteiger partial charge is 0.370 e. The highest BCUT2D eigenvalue weighted by atomic mass is 16.2. The molecule has 1 fully saturated rings. The molecule has 0 spiro atoms. The lowest BCUT2D eigenvalue weighted by atomic mass is 10.0. The number of carbonyl (C=O) groups is 2. The molecule has 1 aliphatic heterocycles. The Kier molecular flexibility index (Phi) is 3.08. The summed E-state index contributed by atoms with van der Waals surface area (Å²) >= 11 is 0. The molecule has 0 bridgehead atoms. The molecule has 1 saturated carbocycles. The maximum Gasteiger partial charge on any atom is 0.370 e. The fourth-order valence-electron chi connectivity index (χ4n) is 2.30. The van der Waals surface area contributed by atoms with Crippen LogP contribution in [0, 0.1) is 5.92 Å². The zero-order valence-electron chi connectivity index (χ0n) is 8.69. The van der Waals surface area contributed by atoms with E-state index in [1.807, 2.05) is 0 Å². The highest BCUT2D eigenvalue weighted by Gasteiger charge is 2.26. The van der Waals surface area contributed by atoms with Gasteiger partial charge in [0.1, 0.15) is 0 Å². The van der Waals surface area contributed by atoms with E-state index in [1.165, 1.54) is 25.7 Å². The van der Waals surface area contributed by atoms with Gasteiger partial charge in [0.2, 0.25) is 0 Å². The van der Waals surface area contributed by atoms with E-state index in [9.17, 15) is 9.59 Å². The third-order valence-corrected chi connectivity index (χ3v) is 3.15. The normalized spacial score (nSPS) is 22.0. The van der Waals surface area contributed by atoms with Gasteiger partial charge in [-0.1, -0.05) is 35.9 Å². The van der Waals surface area contributed by atoms with Gasteiger partial charge < -0.3 is 0 Å². The number of nitrogens with zero attached hydrogens (tertiary/aromatic N) is 3. The van der Waals surface area contributed by atoms with Crippen molar-refractivity contribution in [3.63, 3.8) is 0 Å². The monoisotopic (exact) mass is 209 g/mol. The Morgan fingerprint density at radius 1 is 1.13 bits per heavy atom. The van der Waals surface area contributed by atoms with Crippen LogP contribution >= 0.6 is 0 Å². The van der Waals surface area contributed by atoms with Gasteiger partial charge in [-0.15, -0.1) is 0 Å². The molecule has 0 aromatic heterocycles. The average molecular weight is 209 g/mol. The maximum absolute atomic E-state index is 11.1. The average Bonchev–Trinajstić information content (AvgIpc) is 2.82. The molecule has 2 rings (SSSR count). The van der Waals surface area contributed by atoms with Gasteiger partial charge in [-0.25, -0.2) is 14.5 Å². The van der Waals surface area contributed by atoms with Crippen molar-refractivity contribution in [2.45, 2.75) is 38.5 Å². The number of azo groups is 1. The third kappa shape index (κ3) is 2.40. The van der Waals surface area contributed by atoms with E-state index >= 15 is 0 Å².